The molecule has 4 saturated heterocycles. The average molecular weight is 1970 g/mol. The molecular weight excluding hydrogens is 1820 g/mol. The van der Waals surface area contributed by atoms with Crippen molar-refractivity contribution >= 4 is 70.5 Å². The summed E-state index contributed by atoms with van der Waals surface area (Å²) in [5, 5.41) is 72.1. The van der Waals surface area contributed by atoms with Crippen LogP contribution >= 0.6 is 0 Å². The fourth-order valence-electron chi connectivity index (χ4n) is 23.4. The molecule has 12 aliphatic heterocycles. The number of carbonyl (C=O) groups excluding carboxylic acids is 8. The van der Waals surface area contributed by atoms with Crippen LogP contribution in [0.4, 0.5) is 23.3 Å². The van der Waals surface area contributed by atoms with Gasteiger partial charge in [-0.05, 0) is 181 Å². The summed E-state index contributed by atoms with van der Waals surface area (Å²) >= 11 is 0. The Labute approximate surface area is 846 Å². The molecule has 4 aromatic carbocycles. The topological polar surface area (TPSA) is 391 Å². The van der Waals surface area contributed by atoms with E-state index in [2.05, 4.69) is 153 Å². The van der Waals surface area contributed by atoms with Gasteiger partial charge in [-0.15, -0.1) is 0 Å². The Morgan fingerprint density at radius 3 is 0.826 bits per heavy atom. The van der Waals surface area contributed by atoms with E-state index in [-0.39, 0.29) is 131 Å². The lowest BCUT2D eigenvalue weighted by molar-refractivity contribution is -0.130. The molecule has 0 unspecified atom stereocenters. The number of amides is 8. The largest absolute Gasteiger partial charge is 0.390 e. The second-order valence-electron chi connectivity index (χ2n) is 43.1. The van der Waals surface area contributed by atoms with Crippen LogP contribution in [-0.4, -0.2) is 304 Å². The summed E-state index contributed by atoms with van der Waals surface area (Å²) in [5.74, 6) is 3.44. The number of aliphatic hydroxyl groups is 4. The molecule has 32 nitrogen and oxygen atoms in total. The number of hydrogen-bond donors (Lipinski definition) is 12. The van der Waals surface area contributed by atoms with Gasteiger partial charge in [-0.1, -0.05) is 139 Å². The molecule has 0 bridgehead atoms. The van der Waals surface area contributed by atoms with Gasteiger partial charge in [-0.25, -0.2) is 19.9 Å². The molecule has 0 aliphatic carbocycles. The van der Waals surface area contributed by atoms with E-state index < -0.39 is 24.4 Å². The molecule has 12 aliphatic rings. The number of aliphatic hydroxyl groups excluding tert-OH is 4. The minimum atomic E-state index is -0.662. The van der Waals surface area contributed by atoms with Gasteiger partial charge in [-0.2, -0.15) is 0 Å². The number of pyridine rings is 4. The van der Waals surface area contributed by atoms with Gasteiger partial charge >= 0.3 is 0 Å². The number of aromatic nitrogens is 4. The van der Waals surface area contributed by atoms with Gasteiger partial charge < -0.3 is 102 Å². The van der Waals surface area contributed by atoms with Crippen LogP contribution in [0.1, 0.15) is 253 Å². The Balaban J connectivity index is 0.000000132. The van der Waals surface area contributed by atoms with Gasteiger partial charge in [0.05, 0.1) is 24.4 Å². The van der Waals surface area contributed by atoms with E-state index in [9.17, 15) is 58.8 Å². The molecule has 20 rings (SSSR count). The van der Waals surface area contributed by atoms with Crippen LogP contribution in [0.15, 0.2) is 146 Å². The monoisotopic (exact) mass is 1970 g/mol. The summed E-state index contributed by atoms with van der Waals surface area (Å²) in [7, 11) is 0. The standard InChI is InChI=1S/4C28H37N5O3/c2*1-18(34)32-10-8-21(9-11-32)31-26-13-22-23(15-30-26)28(2,3)17-33(27(22)36)16-25(35)24-12-19-6-4-5-7-20(19)14-29-24;2*1-3-19-16-33(17-26(35)25-12-20-6-4-5-7-21(20)14-29-25)28(36)23-13-27(30-15-24(19)23)31-22-8-10-32(11-9-22)18(2)34/h2*4-7,13,15,21,24-25,29,35H,8-12,14,16-17H2,1-3H3,(H,30,31);2*4-7,13,15,19,22,25-26,29,35H,3,8-12,14,16-17H2,1-2H3,(H,30,31)/t24-,25+;24-,25-;19-,25+,26+;19-,25+,26-/m0011/s1. The number of β-amino-alcohol motifs (C(OH)–C–C–N with tert-alkyl or cyclic N) is 4. The van der Waals surface area contributed by atoms with Gasteiger partial charge in [-0.3, -0.25) is 38.4 Å². The highest BCUT2D eigenvalue weighted by Crippen LogP contribution is 2.40. The lowest BCUT2D eigenvalue weighted by atomic mass is 9.78. The summed E-state index contributed by atoms with van der Waals surface area (Å²) in [6.45, 7) is 31.5. The Bertz CT molecular complexity index is 5570. The first kappa shape index (κ1) is 104. The maximum Gasteiger partial charge on any atom is 0.254 e. The van der Waals surface area contributed by atoms with Gasteiger partial charge in [0.2, 0.25) is 23.6 Å². The summed E-state index contributed by atoms with van der Waals surface area (Å²) < 4.78 is 0. The Kier molecular flexibility index (Phi) is 32.9. The van der Waals surface area contributed by atoms with Crippen molar-refractivity contribution in [2.75, 3.05) is 126 Å². The van der Waals surface area contributed by atoms with Crippen molar-refractivity contribution in [2.24, 2.45) is 0 Å². The molecule has 144 heavy (non-hydrogen) atoms. The molecule has 12 N–H and O–H groups in total. The first-order valence-electron chi connectivity index (χ1n) is 52.5. The second-order valence-corrected chi connectivity index (χ2v) is 43.1. The van der Waals surface area contributed by atoms with Crippen LogP contribution in [0.3, 0.4) is 0 Å². The molecule has 0 spiro atoms. The fourth-order valence-corrected chi connectivity index (χ4v) is 23.4. The van der Waals surface area contributed by atoms with Crippen LogP contribution in [0.5, 0.6) is 0 Å². The number of hydrogen-bond acceptors (Lipinski definition) is 24. The zero-order valence-electron chi connectivity index (χ0n) is 85.4. The van der Waals surface area contributed by atoms with E-state index in [4.69, 9.17) is 0 Å². The molecular formula is C112H148N20O12. The number of anilines is 4. The lowest BCUT2D eigenvalue weighted by Gasteiger charge is -2.41. The van der Waals surface area contributed by atoms with Crippen molar-refractivity contribution in [3.8, 4) is 0 Å². The summed E-state index contributed by atoms with van der Waals surface area (Å²) in [4.78, 5) is 134. The molecule has 8 amide bonds. The Morgan fingerprint density at radius 1 is 0.347 bits per heavy atom. The third-order valence-corrected chi connectivity index (χ3v) is 32.2. The minimum Gasteiger partial charge on any atom is -0.390 e. The first-order chi connectivity index (χ1) is 69.3. The van der Waals surface area contributed by atoms with E-state index in [0.717, 1.165) is 191 Å². The Morgan fingerprint density at radius 2 is 0.576 bits per heavy atom. The number of nitrogens with zero attached hydrogens (tertiary/aromatic N) is 12. The van der Waals surface area contributed by atoms with Gasteiger partial charge in [0.1, 0.15) is 23.3 Å². The number of piperidine rings is 4. The number of fused-ring (bicyclic) bond motifs is 8. The SMILES string of the molecule is CC(=O)N1CCC(Nc2cc3c(cn2)C(C)(C)CN(C[C@@H](O)[C@@H]2Cc4ccccc4CN2)C3=O)CC1.CC(=O)N1CCC(Nc2cc3c(cn2)C(C)(C)CN(C[C@H](O)[C@@H]2Cc4ccccc4CN2)C3=O)CC1.CC[C@@H]1CN(C[C@@H](O)[C@@H]2Cc3ccccc3CN2)C(=O)c2cc(NC3CCN(C(C)=O)CC3)ncc21.CC[C@@H]1CN(C[C@H](O)[C@@H]2Cc3ccccc3CN2)C(=O)c2cc(NC3CCN(C(C)=O)CC3)ncc21. The number of likely N-dealkylation sites (tertiary alicyclic amines) is 4. The normalized spacial score (nSPS) is 22.8. The number of carbonyl (C=O) groups is 8. The number of nitrogens with one attached hydrogen (secondary N) is 8. The number of rotatable bonds is 22. The van der Waals surface area contributed by atoms with Crippen LogP contribution < -0.4 is 42.5 Å². The van der Waals surface area contributed by atoms with Crippen LogP contribution in [0, 0.1) is 0 Å². The lowest BCUT2D eigenvalue weighted by Crippen LogP contribution is -2.54. The third-order valence-electron chi connectivity index (χ3n) is 32.2. The highest BCUT2D eigenvalue weighted by atomic mass is 16.3. The predicted molar refractivity (Wildman–Crippen MR) is 555 cm³/mol. The van der Waals surface area contributed by atoms with E-state index in [1.54, 1.807) is 37.5 Å². The predicted octanol–water partition coefficient (Wildman–Crippen LogP) is 9.68. The third kappa shape index (κ3) is 24.4. The molecule has 8 aromatic rings. The van der Waals surface area contributed by atoms with Gasteiger partial charge in [0.15, 0.2) is 0 Å². The van der Waals surface area contributed by atoms with E-state index in [1.165, 1.54) is 44.5 Å². The fraction of sp³-hybridized carbons (Fsp3) is 0.536. The summed E-state index contributed by atoms with van der Waals surface area (Å²) in [6, 6.07) is 41.3. The van der Waals surface area contributed by atoms with E-state index in [0.29, 0.717) is 84.8 Å². The molecule has 0 radical (unpaired) electrons. The quantitative estimate of drug-likeness (QED) is 0.0300. The van der Waals surface area contributed by atoms with E-state index in [1.807, 2.05) is 127 Å². The van der Waals surface area contributed by atoms with Crippen molar-refractivity contribution < 1.29 is 58.8 Å². The molecule has 4 aromatic heterocycles. The molecule has 0 saturated carbocycles. The number of benzene rings is 4. The van der Waals surface area contributed by atoms with Crippen LogP contribution in [0.25, 0.3) is 0 Å². The molecule has 10 atom stereocenters. The molecule has 4 fully saturated rings. The first-order valence-corrected chi connectivity index (χ1v) is 52.5. The average Bonchev–Trinajstić information content (AvgIpc) is 0.790. The van der Waals surface area contributed by atoms with Gasteiger partial charge in [0.25, 0.3) is 23.6 Å². The zero-order valence-corrected chi connectivity index (χ0v) is 85.4. The maximum atomic E-state index is 13.6. The zero-order chi connectivity index (χ0) is 101. The van der Waals surface area contributed by atoms with Crippen molar-refractivity contribution in [3.63, 3.8) is 0 Å². The Hall–Kier alpha value is -11.9. The second kappa shape index (κ2) is 45.8. The highest BCUT2D eigenvalue weighted by Gasteiger charge is 2.44. The maximum absolute atomic E-state index is 13.6. The summed E-state index contributed by atoms with van der Waals surface area (Å²) in [5.41, 5.74) is 16.1. The van der Waals surface area contributed by atoms with Gasteiger partial charge in [0, 0.05) is 277 Å². The highest BCUT2D eigenvalue weighted by molar-refractivity contribution is 6.00. The van der Waals surface area contributed by atoms with E-state index >= 15 is 0 Å². The molecule has 32 heteroatoms. The van der Waals surface area contributed by atoms with Crippen LogP contribution in [0.2, 0.25) is 0 Å². The molecule has 768 valence electrons. The van der Waals surface area contributed by atoms with Crippen LogP contribution in [-0.2, 0) is 81.9 Å². The van der Waals surface area contributed by atoms with Crippen molar-refractivity contribution in [2.45, 2.75) is 281 Å². The van der Waals surface area contributed by atoms with Crippen molar-refractivity contribution in [1.29, 1.82) is 0 Å². The molecule has 16 heterocycles. The van der Waals surface area contributed by atoms with Crippen molar-refractivity contribution in [3.05, 3.63) is 235 Å². The minimum absolute atomic E-state index is 0.0400. The summed E-state index contributed by atoms with van der Waals surface area (Å²) in [6.07, 6.45) is 16.4. The smallest absolute Gasteiger partial charge is 0.254 e. The van der Waals surface area contributed by atoms with Crippen molar-refractivity contribution in [1.82, 2.24) is 80.4 Å².